The van der Waals surface area contributed by atoms with Crippen LogP contribution in [-0.2, 0) is 28.6 Å². The van der Waals surface area contributed by atoms with Crippen molar-refractivity contribution in [2.75, 3.05) is 13.2 Å². The Labute approximate surface area is 482 Å². The zero-order chi connectivity index (χ0) is 56.4. The zero-order valence-electron chi connectivity index (χ0n) is 50.9. The summed E-state index contributed by atoms with van der Waals surface area (Å²) in [5.41, 5.74) is 0. The third-order valence-electron chi connectivity index (χ3n) is 13.7. The Morgan fingerprint density at radius 1 is 0.269 bits per heavy atom. The third-order valence-corrected chi connectivity index (χ3v) is 13.7. The fraction of sp³-hybridized carbons (Fsp3) is 0.681. The number of carbonyl (C=O) groups is 3. The highest BCUT2D eigenvalue weighted by Crippen LogP contribution is 2.17. The lowest BCUT2D eigenvalue weighted by atomic mass is 10.0. The highest BCUT2D eigenvalue weighted by molar-refractivity contribution is 5.71. The quantitative estimate of drug-likeness (QED) is 0.0261. The molecule has 0 bridgehead atoms. The standard InChI is InChI=1S/C72H120O6/c1-4-7-10-13-16-19-22-25-28-30-32-33-34-35-36-37-38-40-41-44-47-50-53-56-59-62-65-71(74)77-68-69(67-76-70(73)64-61-58-55-52-49-46-43-27-24-21-18-15-12-9-6-3)78-72(75)66-63-60-57-54-51-48-45-42-39-31-29-26-23-20-17-14-11-8-5-2/h8-9,11-12,17-18,20-21,26-27,29,39,42-43,48-49,51-52,57,60,69H,4-7,10,13-16,19,22-25,28,30-38,40-41,44-47,50,53-56,58-59,61-68H2,1-3H3/b11-8-,12-9-,20-17-,21-18-,29-26-,42-39-,43-27-,51-48-,52-49-,60-57-. The van der Waals surface area contributed by atoms with Crippen LogP contribution in [0, 0.1) is 0 Å². The Morgan fingerprint density at radius 2 is 0.526 bits per heavy atom. The van der Waals surface area contributed by atoms with E-state index in [1.807, 2.05) is 12.2 Å². The van der Waals surface area contributed by atoms with E-state index in [4.69, 9.17) is 14.2 Å². The molecule has 0 aromatic carbocycles. The molecule has 0 saturated carbocycles. The zero-order valence-corrected chi connectivity index (χ0v) is 50.9. The van der Waals surface area contributed by atoms with Gasteiger partial charge in [0.1, 0.15) is 13.2 Å². The molecule has 0 aliphatic heterocycles. The van der Waals surface area contributed by atoms with E-state index in [9.17, 15) is 14.4 Å². The maximum atomic E-state index is 12.9. The largest absolute Gasteiger partial charge is 0.462 e. The molecule has 0 amide bonds. The lowest BCUT2D eigenvalue weighted by molar-refractivity contribution is -0.166. The van der Waals surface area contributed by atoms with Crippen molar-refractivity contribution in [1.82, 2.24) is 0 Å². The predicted molar refractivity (Wildman–Crippen MR) is 339 cm³/mol. The second kappa shape index (κ2) is 65.3. The van der Waals surface area contributed by atoms with E-state index < -0.39 is 12.1 Å². The molecule has 0 aliphatic rings. The molecule has 0 rings (SSSR count). The van der Waals surface area contributed by atoms with Crippen molar-refractivity contribution in [1.29, 1.82) is 0 Å². The monoisotopic (exact) mass is 1080 g/mol. The van der Waals surface area contributed by atoms with Gasteiger partial charge in [-0.1, -0.05) is 303 Å². The van der Waals surface area contributed by atoms with Crippen LogP contribution in [0.5, 0.6) is 0 Å². The number of carbonyl (C=O) groups excluding carboxylic acids is 3. The summed E-state index contributed by atoms with van der Waals surface area (Å²) in [6, 6.07) is 0. The Bertz CT molecular complexity index is 1620. The van der Waals surface area contributed by atoms with E-state index in [1.165, 1.54) is 148 Å². The van der Waals surface area contributed by atoms with Crippen molar-refractivity contribution in [3.05, 3.63) is 122 Å². The van der Waals surface area contributed by atoms with E-state index in [1.54, 1.807) is 0 Å². The van der Waals surface area contributed by atoms with Gasteiger partial charge in [0, 0.05) is 19.3 Å². The van der Waals surface area contributed by atoms with Crippen LogP contribution in [0.3, 0.4) is 0 Å². The summed E-state index contributed by atoms with van der Waals surface area (Å²) in [5.74, 6) is -1.04. The minimum absolute atomic E-state index is 0.122. The Kier molecular flexibility index (Phi) is 61.8. The average Bonchev–Trinajstić information content (AvgIpc) is 3.44. The van der Waals surface area contributed by atoms with Crippen molar-refractivity contribution < 1.29 is 28.6 Å². The molecule has 0 aromatic heterocycles. The van der Waals surface area contributed by atoms with Crippen LogP contribution in [0.25, 0.3) is 0 Å². The number of ether oxygens (including phenoxy) is 3. The molecular formula is C72H120O6. The fourth-order valence-corrected chi connectivity index (χ4v) is 8.93. The van der Waals surface area contributed by atoms with Gasteiger partial charge in [0.2, 0.25) is 0 Å². The van der Waals surface area contributed by atoms with Crippen LogP contribution < -0.4 is 0 Å². The van der Waals surface area contributed by atoms with Gasteiger partial charge in [-0.2, -0.15) is 0 Å². The van der Waals surface area contributed by atoms with Crippen LogP contribution >= 0.6 is 0 Å². The first kappa shape index (κ1) is 73.8. The summed E-state index contributed by atoms with van der Waals surface area (Å²) in [7, 11) is 0. The minimum Gasteiger partial charge on any atom is -0.462 e. The summed E-state index contributed by atoms with van der Waals surface area (Å²) >= 11 is 0. The van der Waals surface area contributed by atoms with E-state index in [0.29, 0.717) is 19.3 Å². The normalized spacial score (nSPS) is 12.9. The predicted octanol–water partition coefficient (Wildman–Crippen LogP) is 22.4. The molecule has 0 spiro atoms. The van der Waals surface area contributed by atoms with Gasteiger partial charge in [0.05, 0.1) is 0 Å². The van der Waals surface area contributed by atoms with Crippen LogP contribution in [0.2, 0.25) is 0 Å². The summed E-state index contributed by atoms with van der Waals surface area (Å²) < 4.78 is 16.8. The summed E-state index contributed by atoms with van der Waals surface area (Å²) in [6.07, 6.45) is 91.0. The van der Waals surface area contributed by atoms with Crippen LogP contribution in [-0.4, -0.2) is 37.2 Å². The number of hydrogen-bond acceptors (Lipinski definition) is 6. The first-order valence-corrected chi connectivity index (χ1v) is 32.5. The van der Waals surface area contributed by atoms with Crippen LogP contribution in [0.15, 0.2) is 122 Å². The second-order valence-electron chi connectivity index (χ2n) is 21.3. The Morgan fingerprint density at radius 3 is 0.833 bits per heavy atom. The molecule has 444 valence electrons. The fourth-order valence-electron chi connectivity index (χ4n) is 8.93. The van der Waals surface area contributed by atoms with Gasteiger partial charge in [-0.25, -0.2) is 0 Å². The molecule has 0 radical (unpaired) electrons. The number of unbranched alkanes of at least 4 members (excludes halogenated alkanes) is 27. The molecule has 0 aromatic rings. The number of rotatable bonds is 58. The number of allylic oxidation sites excluding steroid dienone is 20. The van der Waals surface area contributed by atoms with E-state index in [-0.39, 0.29) is 38.0 Å². The molecule has 6 nitrogen and oxygen atoms in total. The summed E-state index contributed by atoms with van der Waals surface area (Å²) in [4.78, 5) is 38.3. The van der Waals surface area contributed by atoms with E-state index in [0.717, 1.165) is 96.3 Å². The van der Waals surface area contributed by atoms with E-state index in [2.05, 4.69) is 130 Å². The SMILES string of the molecule is CC/C=C\C/C=C\C/C=C\C/C=C\C/C=C\C/C=C\CCC(=O)OC(COC(=O)CCCC/C=C\C/C=C\C/C=C\C/C=C\CC)COC(=O)CCCCCCCCCCCCCCCCCCCCCCCCCCCC. The summed E-state index contributed by atoms with van der Waals surface area (Å²) in [6.45, 7) is 6.34. The minimum atomic E-state index is -0.839. The van der Waals surface area contributed by atoms with Gasteiger partial charge in [0.25, 0.3) is 0 Å². The van der Waals surface area contributed by atoms with Gasteiger partial charge in [-0.3, -0.25) is 14.4 Å². The Balaban J connectivity index is 4.41. The third kappa shape index (κ3) is 62.7. The molecule has 6 heteroatoms. The molecule has 1 unspecified atom stereocenters. The first-order chi connectivity index (χ1) is 38.5. The van der Waals surface area contributed by atoms with Crippen molar-refractivity contribution in [2.24, 2.45) is 0 Å². The topological polar surface area (TPSA) is 78.9 Å². The maximum absolute atomic E-state index is 12.9. The second-order valence-corrected chi connectivity index (χ2v) is 21.3. The van der Waals surface area contributed by atoms with Crippen molar-refractivity contribution >= 4 is 17.9 Å². The molecule has 78 heavy (non-hydrogen) atoms. The van der Waals surface area contributed by atoms with Crippen molar-refractivity contribution in [2.45, 2.75) is 303 Å². The van der Waals surface area contributed by atoms with Crippen molar-refractivity contribution in [3.63, 3.8) is 0 Å². The lowest BCUT2D eigenvalue weighted by Crippen LogP contribution is -2.30. The maximum Gasteiger partial charge on any atom is 0.306 e. The van der Waals surface area contributed by atoms with Crippen LogP contribution in [0.1, 0.15) is 297 Å². The van der Waals surface area contributed by atoms with Crippen molar-refractivity contribution in [3.8, 4) is 0 Å². The van der Waals surface area contributed by atoms with Gasteiger partial charge in [-0.05, 0) is 96.3 Å². The molecule has 1 atom stereocenters. The van der Waals surface area contributed by atoms with Gasteiger partial charge >= 0.3 is 17.9 Å². The van der Waals surface area contributed by atoms with Gasteiger partial charge < -0.3 is 14.2 Å². The van der Waals surface area contributed by atoms with E-state index >= 15 is 0 Å². The first-order valence-electron chi connectivity index (χ1n) is 32.5. The number of hydrogen-bond donors (Lipinski definition) is 0. The smallest absolute Gasteiger partial charge is 0.306 e. The molecule has 0 N–H and O–H groups in total. The van der Waals surface area contributed by atoms with Crippen LogP contribution in [0.4, 0.5) is 0 Å². The molecule has 0 aliphatic carbocycles. The lowest BCUT2D eigenvalue weighted by Gasteiger charge is -2.18. The van der Waals surface area contributed by atoms with Gasteiger partial charge in [0.15, 0.2) is 6.10 Å². The summed E-state index contributed by atoms with van der Waals surface area (Å²) in [5, 5.41) is 0. The van der Waals surface area contributed by atoms with Gasteiger partial charge in [-0.15, -0.1) is 0 Å². The molecule has 0 heterocycles. The average molecular weight is 1080 g/mol. The molecule has 0 saturated heterocycles. The number of esters is 3. The highest BCUT2D eigenvalue weighted by atomic mass is 16.6. The molecular weight excluding hydrogens is 961 g/mol. The highest BCUT2D eigenvalue weighted by Gasteiger charge is 2.19. The molecule has 0 fully saturated rings. The Hall–Kier alpha value is -4.19.